The van der Waals surface area contributed by atoms with E-state index in [1.54, 1.807) is 27.3 Å². The highest BCUT2D eigenvalue weighted by Crippen LogP contribution is 2.39. The fourth-order valence-electron chi connectivity index (χ4n) is 4.74. The van der Waals surface area contributed by atoms with Crippen LogP contribution in [0.2, 0.25) is 0 Å². The zero-order chi connectivity index (χ0) is 28.8. The van der Waals surface area contributed by atoms with Crippen LogP contribution >= 0.6 is 11.3 Å². The number of esters is 1. The number of rotatable bonds is 11. The highest BCUT2D eigenvalue weighted by molar-refractivity contribution is 7.22. The summed E-state index contributed by atoms with van der Waals surface area (Å²) in [6.45, 7) is 2.84. The van der Waals surface area contributed by atoms with Gasteiger partial charge in [0.1, 0.15) is 21.9 Å². The maximum atomic E-state index is 14.0. The van der Waals surface area contributed by atoms with Crippen LogP contribution in [-0.2, 0) is 29.2 Å². The summed E-state index contributed by atoms with van der Waals surface area (Å²) in [6, 6.07) is 25.3. The summed E-state index contributed by atoms with van der Waals surface area (Å²) in [5.74, 6) is 0.800. The summed E-state index contributed by atoms with van der Waals surface area (Å²) >= 11 is 1.49. The number of ether oxygens (including phenoxy) is 4. The zero-order valence-electron chi connectivity index (χ0n) is 23.2. The fourth-order valence-corrected chi connectivity index (χ4v) is 6.03. The number of hydrogen-bond donors (Lipinski definition) is 0. The molecular weight excluding hydrogens is 538 g/mol. The Hall–Kier alpha value is -4.40. The summed E-state index contributed by atoms with van der Waals surface area (Å²) in [5, 5.41) is 0.453. The molecule has 0 unspecified atom stereocenters. The van der Waals surface area contributed by atoms with Gasteiger partial charge in [-0.25, -0.2) is 4.79 Å². The SMILES string of the molecule is CCOC(=O)c1cn(Cc2ccccc2OC)c2sc(-c3ccc(OC)cc3)c(COCc3ccccc3)c2c1=O. The van der Waals surface area contributed by atoms with Crippen LogP contribution in [0.5, 0.6) is 11.5 Å². The molecule has 0 radical (unpaired) electrons. The van der Waals surface area contributed by atoms with Gasteiger partial charge in [0.15, 0.2) is 0 Å². The standard InChI is InChI=1S/C33H31NO6S/c1-4-40-33(36)26-19-34(18-24-12-8-9-13-28(24)38-3)32-29(30(26)35)27(21-39-20-22-10-6-5-7-11-22)31(41-32)23-14-16-25(37-2)17-15-23/h5-17,19H,4,18,20-21H2,1-3H3. The van der Waals surface area contributed by atoms with Crippen molar-refractivity contribution >= 4 is 27.5 Å². The molecule has 2 heterocycles. The topological polar surface area (TPSA) is 76.0 Å². The number of pyridine rings is 1. The largest absolute Gasteiger partial charge is 0.497 e. The molecule has 7 nitrogen and oxygen atoms in total. The summed E-state index contributed by atoms with van der Waals surface area (Å²) in [4.78, 5) is 28.6. The van der Waals surface area contributed by atoms with Crippen molar-refractivity contribution in [3.63, 3.8) is 0 Å². The lowest BCUT2D eigenvalue weighted by Crippen LogP contribution is -2.21. The van der Waals surface area contributed by atoms with Gasteiger partial charge in [-0.15, -0.1) is 11.3 Å². The first-order valence-corrected chi connectivity index (χ1v) is 14.1. The van der Waals surface area contributed by atoms with Crippen LogP contribution in [0.25, 0.3) is 20.7 Å². The van der Waals surface area contributed by atoms with Crippen molar-refractivity contribution in [2.45, 2.75) is 26.7 Å². The molecule has 0 amide bonds. The Morgan fingerprint density at radius 3 is 2.32 bits per heavy atom. The minimum absolute atomic E-state index is 0.0161. The van der Waals surface area contributed by atoms with Gasteiger partial charge in [-0.3, -0.25) is 4.79 Å². The minimum Gasteiger partial charge on any atom is -0.497 e. The lowest BCUT2D eigenvalue weighted by Gasteiger charge is -2.14. The molecule has 0 bridgehead atoms. The molecule has 0 fully saturated rings. The van der Waals surface area contributed by atoms with Gasteiger partial charge in [0.25, 0.3) is 0 Å². The molecule has 0 saturated heterocycles. The first-order chi connectivity index (χ1) is 20.0. The van der Waals surface area contributed by atoms with E-state index in [-0.39, 0.29) is 24.2 Å². The van der Waals surface area contributed by atoms with Crippen LogP contribution in [0.4, 0.5) is 0 Å². The van der Waals surface area contributed by atoms with E-state index in [0.717, 1.165) is 43.5 Å². The van der Waals surface area contributed by atoms with E-state index < -0.39 is 5.97 Å². The van der Waals surface area contributed by atoms with Crippen molar-refractivity contribution in [2.24, 2.45) is 0 Å². The Kier molecular flexibility index (Phi) is 8.82. The number of thiophene rings is 1. The van der Waals surface area contributed by atoms with E-state index in [1.165, 1.54) is 11.3 Å². The highest BCUT2D eigenvalue weighted by Gasteiger charge is 2.24. The first-order valence-electron chi connectivity index (χ1n) is 13.3. The molecule has 0 aliphatic carbocycles. The molecule has 5 aromatic rings. The molecule has 8 heteroatoms. The van der Waals surface area contributed by atoms with E-state index in [0.29, 0.717) is 18.5 Å². The third-order valence-electron chi connectivity index (χ3n) is 6.74. The smallest absolute Gasteiger partial charge is 0.343 e. The van der Waals surface area contributed by atoms with Gasteiger partial charge in [0, 0.05) is 22.2 Å². The summed E-state index contributed by atoms with van der Waals surface area (Å²) < 4.78 is 24.3. The molecule has 0 aliphatic heterocycles. The molecule has 5 rings (SSSR count). The Bertz CT molecular complexity index is 1710. The molecule has 0 aliphatic rings. The summed E-state index contributed by atoms with van der Waals surface area (Å²) in [7, 11) is 3.25. The molecule has 0 atom stereocenters. The Morgan fingerprint density at radius 2 is 1.61 bits per heavy atom. The summed E-state index contributed by atoms with van der Waals surface area (Å²) in [6.07, 6.45) is 1.60. The van der Waals surface area contributed by atoms with Crippen molar-refractivity contribution in [1.29, 1.82) is 0 Å². The molecule has 3 aromatic carbocycles. The molecule has 41 heavy (non-hydrogen) atoms. The lowest BCUT2D eigenvalue weighted by molar-refractivity contribution is 0.0524. The zero-order valence-corrected chi connectivity index (χ0v) is 24.0. The lowest BCUT2D eigenvalue weighted by atomic mass is 10.1. The molecule has 0 spiro atoms. The van der Waals surface area contributed by atoms with Crippen LogP contribution < -0.4 is 14.9 Å². The Morgan fingerprint density at radius 1 is 0.878 bits per heavy atom. The first kappa shape index (κ1) is 28.1. The number of carbonyl (C=O) groups excluding carboxylic acids is 1. The number of benzene rings is 3. The van der Waals surface area contributed by atoms with Gasteiger partial charge in [0.2, 0.25) is 5.43 Å². The van der Waals surface area contributed by atoms with Crippen molar-refractivity contribution < 1.29 is 23.7 Å². The maximum absolute atomic E-state index is 14.0. The number of hydrogen-bond acceptors (Lipinski definition) is 7. The number of aromatic nitrogens is 1. The summed E-state index contributed by atoms with van der Waals surface area (Å²) in [5.41, 5.74) is 3.21. The third-order valence-corrected chi connectivity index (χ3v) is 8.06. The van der Waals surface area contributed by atoms with Crippen LogP contribution in [0.15, 0.2) is 89.9 Å². The van der Waals surface area contributed by atoms with Gasteiger partial charge in [-0.05, 0) is 48.4 Å². The van der Waals surface area contributed by atoms with Crippen molar-refractivity contribution in [3.8, 4) is 21.9 Å². The van der Waals surface area contributed by atoms with Crippen LogP contribution in [0.1, 0.15) is 34.0 Å². The molecule has 2 aromatic heterocycles. The number of nitrogens with zero attached hydrogens (tertiary/aromatic N) is 1. The highest BCUT2D eigenvalue weighted by atomic mass is 32.1. The van der Waals surface area contributed by atoms with Crippen molar-refractivity contribution in [2.75, 3.05) is 20.8 Å². The van der Waals surface area contributed by atoms with Gasteiger partial charge >= 0.3 is 5.97 Å². The quantitative estimate of drug-likeness (QED) is 0.165. The predicted octanol–water partition coefficient (Wildman–Crippen LogP) is 6.69. The second-order valence-corrected chi connectivity index (χ2v) is 10.3. The molecule has 210 valence electrons. The average molecular weight is 570 g/mol. The van der Waals surface area contributed by atoms with E-state index in [1.807, 2.05) is 83.4 Å². The fraction of sp³-hybridized carbons (Fsp3) is 0.212. The maximum Gasteiger partial charge on any atom is 0.343 e. The normalized spacial score (nSPS) is 11.0. The van der Waals surface area contributed by atoms with Gasteiger partial charge in [-0.2, -0.15) is 0 Å². The Balaban J connectivity index is 1.70. The number of methoxy groups -OCH3 is 2. The van der Waals surface area contributed by atoms with Crippen molar-refractivity contribution in [1.82, 2.24) is 4.57 Å². The van der Waals surface area contributed by atoms with Gasteiger partial charge in [0.05, 0.1) is 46.0 Å². The van der Waals surface area contributed by atoms with E-state index in [4.69, 9.17) is 18.9 Å². The number of para-hydroxylation sites is 1. The van der Waals surface area contributed by atoms with E-state index >= 15 is 0 Å². The average Bonchev–Trinajstić information content (AvgIpc) is 3.39. The Labute approximate surface area is 242 Å². The number of carbonyl (C=O) groups is 1. The third kappa shape index (κ3) is 6.04. The van der Waals surface area contributed by atoms with E-state index in [2.05, 4.69) is 0 Å². The second kappa shape index (κ2) is 12.8. The molecule has 0 N–H and O–H groups in total. The van der Waals surface area contributed by atoms with Crippen LogP contribution in [0, 0.1) is 0 Å². The van der Waals surface area contributed by atoms with E-state index in [9.17, 15) is 9.59 Å². The monoisotopic (exact) mass is 569 g/mol. The number of fused-ring (bicyclic) bond motifs is 1. The van der Waals surface area contributed by atoms with Crippen LogP contribution in [0.3, 0.4) is 0 Å². The van der Waals surface area contributed by atoms with Crippen molar-refractivity contribution in [3.05, 3.63) is 118 Å². The minimum atomic E-state index is -0.651. The van der Waals surface area contributed by atoms with Crippen LogP contribution in [-0.4, -0.2) is 31.4 Å². The molecular formula is C33H31NO6S. The predicted molar refractivity (Wildman–Crippen MR) is 161 cm³/mol. The van der Waals surface area contributed by atoms with Gasteiger partial charge in [-0.1, -0.05) is 48.5 Å². The second-order valence-electron chi connectivity index (χ2n) is 9.33. The molecule has 0 saturated carbocycles. The van der Waals surface area contributed by atoms with Gasteiger partial charge < -0.3 is 23.5 Å².